The van der Waals surface area contributed by atoms with Gasteiger partial charge in [-0.25, -0.2) is 13.5 Å². The van der Waals surface area contributed by atoms with Gasteiger partial charge in [-0.15, -0.1) is 17.5 Å². The van der Waals surface area contributed by atoms with E-state index in [1.54, 1.807) is 4.68 Å². The van der Waals surface area contributed by atoms with E-state index in [4.69, 9.17) is 0 Å². The molecule has 6 nitrogen and oxygen atoms in total. The van der Waals surface area contributed by atoms with Gasteiger partial charge in [0.15, 0.2) is 5.69 Å². The molecule has 2 N–H and O–H groups in total. The fourth-order valence-electron chi connectivity index (χ4n) is 3.64. The summed E-state index contributed by atoms with van der Waals surface area (Å²) in [4.78, 5) is 12.9. The molecule has 1 aliphatic rings. The summed E-state index contributed by atoms with van der Waals surface area (Å²) in [5.41, 5.74) is 0.672. The smallest absolute Gasteiger partial charge is 0.274 e. The predicted molar refractivity (Wildman–Crippen MR) is 109 cm³/mol. The zero-order valence-electron chi connectivity index (χ0n) is 17.1. The minimum absolute atomic E-state index is 0. The first-order chi connectivity index (χ1) is 13.2. The third-order valence-electron chi connectivity index (χ3n) is 5.21. The highest BCUT2D eigenvalue weighted by Crippen LogP contribution is 2.34. The second-order valence-electron chi connectivity index (χ2n) is 8.39. The van der Waals surface area contributed by atoms with Crippen LogP contribution in [0, 0.1) is 24.0 Å². The molecule has 1 aromatic heterocycles. The van der Waals surface area contributed by atoms with Crippen LogP contribution in [0.25, 0.3) is 0 Å². The summed E-state index contributed by atoms with van der Waals surface area (Å²) < 4.78 is 29.5. The molecule has 0 spiro atoms. The number of piperidine rings is 1. The highest BCUT2D eigenvalue weighted by atomic mass is 35.5. The number of hydrogen-bond acceptors (Lipinski definition) is 4. The summed E-state index contributed by atoms with van der Waals surface area (Å²) in [6, 6.07) is 2.97. The highest BCUT2D eigenvalue weighted by Gasteiger charge is 2.32. The maximum Gasteiger partial charge on any atom is 0.274 e. The molecule has 1 atom stereocenters. The Morgan fingerprint density at radius 3 is 2.52 bits per heavy atom. The van der Waals surface area contributed by atoms with Crippen molar-refractivity contribution in [1.29, 1.82) is 0 Å². The SMILES string of the molecule is Cc1c(C(=O)NC(c2ccc(F)cc2F)C(C)(C)C)nnn1C1CCNCC1.Cl. The van der Waals surface area contributed by atoms with Gasteiger partial charge in [0.05, 0.1) is 17.8 Å². The van der Waals surface area contributed by atoms with Crippen molar-refractivity contribution in [2.24, 2.45) is 5.41 Å². The van der Waals surface area contributed by atoms with Crippen molar-refractivity contribution in [3.63, 3.8) is 0 Å². The molecule has 0 bridgehead atoms. The number of carbonyl (C=O) groups is 1. The van der Waals surface area contributed by atoms with Crippen molar-refractivity contribution < 1.29 is 13.6 Å². The number of carbonyl (C=O) groups excluding carboxylic acids is 1. The van der Waals surface area contributed by atoms with Crippen molar-refractivity contribution in [3.8, 4) is 0 Å². The number of aromatic nitrogens is 3. The van der Waals surface area contributed by atoms with Crippen LogP contribution in [-0.4, -0.2) is 34.0 Å². The van der Waals surface area contributed by atoms with Crippen LogP contribution in [0.4, 0.5) is 8.78 Å². The minimum atomic E-state index is -0.685. The second kappa shape index (κ2) is 9.17. The summed E-state index contributed by atoms with van der Waals surface area (Å²) in [5, 5.41) is 14.4. The van der Waals surface area contributed by atoms with Gasteiger partial charge in [0.2, 0.25) is 0 Å². The Hall–Kier alpha value is -2.06. The quantitative estimate of drug-likeness (QED) is 0.779. The van der Waals surface area contributed by atoms with Crippen LogP contribution in [0.2, 0.25) is 0 Å². The molecule has 2 aromatic rings. The lowest BCUT2D eigenvalue weighted by Gasteiger charge is -2.32. The van der Waals surface area contributed by atoms with E-state index < -0.39 is 29.0 Å². The Labute approximate surface area is 175 Å². The Kier molecular flexibility index (Phi) is 7.35. The molecule has 1 unspecified atom stereocenters. The van der Waals surface area contributed by atoms with E-state index >= 15 is 0 Å². The van der Waals surface area contributed by atoms with Gasteiger partial charge >= 0.3 is 0 Å². The van der Waals surface area contributed by atoms with Crippen molar-refractivity contribution in [2.75, 3.05) is 13.1 Å². The first-order valence-corrected chi connectivity index (χ1v) is 9.57. The van der Waals surface area contributed by atoms with Gasteiger partial charge in [0.1, 0.15) is 11.6 Å². The van der Waals surface area contributed by atoms with Crippen LogP contribution in [0.3, 0.4) is 0 Å². The maximum atomic E-state index is 14.4. The number of hydrogen-bond donors (Lipinski definition) is 2. The monoisotopic (exact) mass is 427 g/mol. The number of nitrogens with zero attached hydrogens (tertiary/aromatic N) is 3. The van der Waals surface area contributed by atoms with Crippen molar-refractivity contribution >= 4 is 18.3 Å². The molecule has 1 fully saturated rings. The van der Waals surface area contributed by atoms with E-state index in [0.717, 1.165) is 32.0 Å². The van der Waals surface area contributed by atoms with E-state index in [1.807, 2.05) is 27.7 Å². The van der Waals surface area contributed by atoms with Crippen LogP contribution in [-0.2, 0) is 0 Å². The summed E-state index contributed by atoms with van der Waals surface area (Å²) in [6.07, 6.45) is 1.85. The lowest BCUT2D eigenvalue weighted by molar-refractivity contribution is 0.0894. The summed E-state index contributed by atoms with van der Waals surface area (Å²) in [7, 11) is 0. The molecular formula is C20H28ClF2N5O. The number of rotatable bonds is 4. The Morgan fingerprint density at radius 1 is 1.28 bits per heavy atom. The van der Waals surface area contributed by atoms with Crippen LogP contribution in [0.15, 0.2) is 18.2 Å². The fourth-order valence-corrected chi connectivity index (χ4v) is 3.64. The van der Waals surface area contributed by atoms with Gasteiger partial charge in [-0.05, 0) is 44.3 Å². The third-order valence-corrected chi connectivity index (χ3v) is 5.21. The van der Waals surface area contributed by atoms with E-state index in [2.05, 4.69) is 20.9 Å². The molecular weight excluding hydrogens is 400 g/mol. The average molecular weight is 428 g/mol. The average Bonchev–Trinajstić information content (AvgIpc) is 3.01. The number of amides is 1. The van der Waals surface area contributed by atoms with Gasteiger partial charge in [-0.3, -0.25) is 4.79 Å². The van der Waals surface area contributed by atoms with Gasteiger partial charge in [-0.2, -0.15) is 0 Å². The van der Waals surface area contributed by atoms with Crippen molar-refractivity contribution in [2.45, 2.75) is 52.6 Å². The lowest BCUT2D eigenvalue weighted by atomic mass is 9.82. The van der Waals surface area contributed by atoms with E-state index in [9.17, 15) is 13.6 Å². The van der Waals surface area contributed by atoms with E-state index in [-0.39, 0.29) is 29.7 Å². The molecule has 160 valence electrons. The van der Waals surface area contributed by atoms with Gasteiger partial charge in [0, 0.05) is 11.6 Å². The van der Waals surface area contributed by atoms with Crippen molar-refractivity contribution in [1.82, 2.24) is 25.6 Å². The van der Waals surface area contributed by atoms with E-state index in [1.165, 1.54) is 12.1 Å². The number of benzene rings is 1. The molecule has 1 aromatic carbocycles. The molecule has 0 saturated carbocycles. The van der Waals surface area contributed by atoms with Gasteiger partial charge in [-0.1, -0.05) is 32.1 Å². The number of nitrogens with one attached hydrogen (secondary N) is 2. The zero-order valence-corrected chi connectivity index (χ0v) is 17.9. The maximum absolute atomic E-state index is 14.4. The van der Waals surface area contributed by atoms with Crippen LogP contribution < -0.4 is 10.6 Å². The largest absolute Gasteiger partial charge is 0.343 e. The molecule has 0 radical (unpaired) electrons. The highest BCUT2D eigenvalue weighted by molar-refractivity contribution is 5.93. The Balaban J connectivity index is 0.00000300. The lowest BCUT2D eigenvalue weighted by Crippen LogP contribution is -2.37. The molecule has 2 heterocycles. The van der Waals surface area contributed by atoms with Gasteiger partial charge < -0.3 is 10.6 Å². The normalized spacial score (nSPS) is 16.2. The fraction of sp³-hybridized carbons (Fsp3) is 0.550. The summed E-state index contributed by atoms with van der Waals surface area (Å²) in [6.45, 7) is 9.29. The summed E-state index contributed by atoms with van der Waals surface area (Å²) >= 11 is 0. The van der Waals surface area contributed by atoms with E-state index in [0.29, 0.717) is 5.69 Å². The molecule has 9 heteroatoms. The summed E-state index contributed by atoms with van der Waals surface area (Å²) in [5.74, 6) is -1.75. The van der Waals surface area contributed by atoms with Crippen LogP contribution >= 0.6 is 12.4 Å². The first-order valence-electron chi connectivity index (χ1n) is 9.57. The van der Waals surface area contributed by atoms with Crippen LogP contribution in [0.1, 0.15) is 67.4 Å². The molecule has 0 aliphatic carbocycles. The molecule has 1 amide bonds. The minimum Gasteiger partial charge on any atom is -0.343 e. The topological polar surface area (TPSA) is 71.8 Å². The molecule has 1 saturated heterocycles. The predicted octanol–water partition coefficient (Wildman–Crippen LogP) is 3.73. The first kappa shape index (κ1) is 23.2. The Bertz CT molecular complexity index is 859. The third kappa shape index (κ3) is 5.11. The van der Waals surface area contributed by atoms with Crippen molar-refractivity contribution in [3.05, 3.63) is 46.8 Å². The zero-order chi connectivity index (χ0) is 20.5. The van der Waals surface area contributed by atoms with Gasteiger partial charge in [0.25, 0.3) is 5.91 Å². The standard InChI is InChI=1S/C20H27F2N5O.ClH/c1-12-17(25-26-27(12)14-7-9-23-10-8-14)19(28)24-18(20(2,3)4)15-6-5-13(21)11-16(15)22;/h5-6,11,14,18,23H,7-10H2,1-4H3,(H,24,28);1H. The second-order valence-corrected chi connectivity index (χ2v) is 8.39. The molecule has 1 aliphatic heterocycles. The molecule has 29 heavy (non-hydrogen) atoms. The molecule has 3 rings (SSSR count). The van der Waals surface area contributed by atoms with Crippen LogP contribution in [0.5, 0.6) is 0 Å². The Morgan fingerprint density at radius 2 is 1.93 bits per heavy atom. The number of halogens is 3.